The smallest absolute Gasteiger partial charge is 0.373 e. The Morgan fingerprint density at radius 3 is 1.27 bits per heavy atom. The first-order chi connectivity index (χ1) is 24.7. The van der Waals surface area contributed by atoms with E-state index in [9.17, 15) is 8.42 Å². The Morgan fingerprint density at radius 2 is 0.863 bits per heavy atom. The first-order valence-electron chi connectivity index (χ1n) is 16.9. The second-order valence-electron chi connectivity index (χ2n) is 11.9. The minimum Gasteiger partial charge on any atom is -0.425 e. The van der Waals surface area contributed by atoms with E-state index >= 15 is 0 Å². The van der Waals surface area contributed by atoms with Crippen LogP contribution >= 0.6 is 12.0 Å². The average molecular weight is 715 g/mol. The Hall–Kier alpha value is -5.14. The van der Waals surface area contributed by atoms with Gasteiger partial charge in [0, 0.05) is 38.6 Å². The summed E-state index contributed by atoms with van der Waals surface area (Å²) >= 11 is 1.37. The summed E-state index contributed by atoms with van der Waals surface area (Å²) in [6.07, 6.45) is 3.31. The van der Waals surface area contributed by atoms with Crippen molar-refractivity contribution in [3.05, 3.63) is 96.1 Å². The zero-order valence-corrected chi connectivity index (χ0v) is 31.5. The van der Waals surface area contributed by atoms with Crippen molar-refractivity contribution in [1.29, 1.82) is 0 Å². The molecule has 0 aromatic heterocycles. The first kappa shape index (κ1) is 35.7. The molecule has 0 atom stereocenters. The zero-order valence-electron chi connectivity index (χ0n) is 29.8. The van der Waals surface area contributed by atoms with Gasteiger partial charge in [-0.3, -0.25) is 0 Å². The zero-order chi connectivity index (χ0) is 36.8. The van der Waals surface area contributed by atoms with Crippen molar-refractivity contribution < 1.29 is 26.4 Å². The third-order valence-electron chi connectivity index (χ3n) is 9.31. The lowest BCUT2D eigenvalue weighted by atomic mass is 9.81. The standard InChI is InChI=1S/C38H26O4S2.2C2H6.CO2/c1-19-17-29-24-14-16-28-36-32(22-10-6-8-12-26(22)38(28)42-44(4,39)40)20(2)18-30(34(24)36)23-13-15-27-35(33(23)29)31(19)21-9-5-7-11-25(21)37(27)41-43-3;2*1-2;2-1-3/h5-18H,1-4H3;2*1-2H3;. The van der Waals surface area contributed by atoms with Crippen molar-refractivity contribution in [3.8, 4) is 11.5 Å². The van der Waals surface area contributed by atoms with E-state index in [0.717, 1.165) is 71.4 Å². The van der Waals surface area contributed by atoms with Crippen molar-refractivity contribution in [1.82, 2.24) is 0 Å². The molecule has 0 bridgehead atoms. The van der Waals surface area contributed by atoms with Crippen LogP contribution in [-0.4, -0.2) is 27.1 Å². The van der Waals surface area contributed by atoms with E-state index in [-0.39, 0.29) is 6.15 Å². The molecule has 0 unspecified atom stereocenters. The van der Waals surface area contributed by atoms with Crippen molar-refractivity contribution in [2.45, 2.75) is 41.5 Å². The van der Waals surface area contributed by atoms with E-state index in [2.05, 4.69) is 74.5 Å². The van der Waals surface area contributed by atoms with Crippen LogP contribution in [0.4, 0.5) is 0 Å². The Balaban J connectivity index is 0.000000601. The van der Waals surface area contributed by atoms with Gasteiger partial charge in [0.15, 0.2) is 11.5 Å². The minimum atomic E-state index is -3.77. The molecule has 9 aromatic rings. The Bertz CT molecular complexity index is 2910. The molecule has 0 saturated heterocycles. The monoisotopic (exact) mass is 714 g/mol. The number of fused-ring (bicyclic) bond motifs is 6. The van der Waals surface area contributed by atoms with Gasteiger partial charge in [-0.15, -0.1) is 0 Å². The minimum absolute atomic E-state index is 0.250. The molecule has 51 heavy (non-hydrogen) atoms. The molecular weight excluding hydrogens is 677 g/mol. The second-order valence-corrected chi connectivity index (χ2v) is 14.0. The molecule has 0 aliphatic rings. The van der Waals surface area contributed by atoms with Crippen LogP contribution in [0.3, 0.4) is 0 Å². The predicted octanol–water partition coefficient (Wildman–Crippen LogP) is 11.9. The molecule has 0 aliphatic carbocycles. The molecule has 0 amide bonds. The van der Waals surface area contributed by atoms with Crippen LogP contribution < -0.4 is 8.37 Å². The van der Waals surface area contributed by atoms with E-state index in [0.29, 0.717) is 5.75 Å². The SMILES string of the molecule is CC.CC.CSOc1c2ccccc2c2c(C)cc3c4ccc5c(OS(C)(=O)=O)c6ccccc6c6c(C)cc(c7ccc1c2c37)c4c56.O=C=O. The number of carbonyl (C=O) groups excluding carboxylic acids is 2. The molecular formula is C43H38O6S2. The largest absolute Gasteiger partial charge is 0.425 e. The van der Waals surface area contributed by atoms with Gasteiger partial charge in [0.2, 0.25) is 0 Å². The molecule has 0 fully saturated rings. The fraction of sp³-hybridized carbons (Fsp3) is 0.186. The summed E-state index contributed by atoms with van der Waals surface area (Å²) in [5, 5.41) is 17.6. The van der Waals surface area contributed by atoms with Crippen LogP contribution in [0.5, 0.6) is 11.5 Å². The summed E-state index contributed by atoms with van der Waals surface area (Å²) in [5.74, 6) is 1.28. The molecule has 258 valence electrons. The molecule has 0 N–H and O–H groups in total. The lowest BCUT2D eigenvalue weighted by Gasteiger charge is -2.23. The van der Waals surface area contributed by atoms with Crippen molar-refractivity contribution in [2.24, 2.45) is 0 Å². The number of aryl methyl sites for hydroxylation is 2. The maximum Gasteiger partial charge on any atom is 0.373 e. The van der Waals surface area contributed by atoms with Crippen LogP contribution in [0.15, 0.2) is 84.9 Å². The number of hydrogen-bond acceptors (Lipinski definition) is 7. The second kappa shape index (κ2) is 13.9. The fourth-order valence-electron chi connectivity index (χ4n) is 7.85. The highest BCUT2D eigenvalue weighted by Gasteiger charge is 2.25. The van der Waals surface area contributed by atoms with E-state index < -0.39 is 10.1 Å². The Kier molecular flexibility index (Phi) is 9.71. The molecule has 0 saturated carbocycles. The third-order valence-corrected chi connectivity index (χ3v) is 10.1. The topological polar surface area (TPSA) is 86.7 Å². The van der Waals surface area contributed by atoms with Crippen molar-refractivity contribution >= 4 is 114 Å². The van der Waals surface area contributed by atoms with Crippen molar-refractivity contribution in [2.75, 3.05) is 12.5 Å². The van der Waals surface area contributed by atoms with Gasteiger partial charge in [0.1, 0.15) is 0 Å². The molecule has 9 rings (SSSR count). The molecule has 0 aliphatic heterocycles. The van der Waals surface area contributed by atoms with Crippen molar-refractivity contribution in [3.63, 3.8) is 0 Å². The molecule has 6 nitrogen and oxygen atoms in total. The molecule has 0 radical (unpaired) electrons. The van der Waals surface area contributed by atoms with Gasteiger partial charge in [-0.25, -0.2) is 0 Å². The van der Waals surface area contributed by atoms with Gasteiger partial charge in [-0.2, -0.15) is 18.0 Å². The van der Waals surface area contributed by atoms with Gasteiger partial charge in [0.05, 0.1) is 18.3 Å². The highest BCUT2D eigenvalue weighted by atomic mass is 32.2. The van der Waals surface area contributed by atoms with Crippen LogP contribution in [0.25, 0.3) is 86.2 Å². The lowest BCUT2D eigenvalue weighted by Crippen LogP contribution is -2.07. The van der Waals surface area contributed by atoms with Gasteiger partial charge >= 0.3 is 16.3 Å². The number of rotatable bonds is 4. The first-order valence-corrected chi connectivity index (χ1v) is 19.9. The quantitative estimate of drug-likeness (QED) is 0.0776. The van der Waals surface area contributed by atoms with E-state index in [1.807, 2.05) is 58.2 Å². The summed E-state index contributed by atoms with van der Waals surface area (Å²) in [4.78, 5) is 16.2. The van der Waals surface area contributed by atoms with E-state index in [1.54, 1.807) is 0 Å². The van der Waals surface area contributed by atoms with E-state index in [4.69, 9.17) is 18.0 Å². The average Bonchev–Trinajstić information content (AvgIpc) is 3.13. The van der Waals surface area contributed by atoms with Gasteiger partial charge in [-0.05, 0) is 91.0 Å². The maximum absolute atomic E-state index is 12.5. The highest BCUT2D eigenvalue weighted by Crippen LogP contribution is 2.52. The Morgan fingerprint density at radius 1 is 0.510 bits per heavy atom. The predicted molar refractivity (Wildman–Crippen MR) is 216 cm³/mol. The maximum atomic E-state index is 12.5. The van der Waals surface area contributed by atoms with Crippen LogP contribution in [-0.2, 0) is 19.7 Å². The molecule has 0 spiro atoms. The van der Waals surface area contributed by atoms with Gasteiger partial charge in [-0.1, -0.05) is 100 Å². The summed E-state index contributed by atoms with van der Waals surface area (Å²) < 4.78 is 37.1. The third kappa shape index (κ3) is 5.46. The number of hydrogen-bond donors (Lipinski definition) is 0. The Labute approximate surface area is 301 Å². The van der Waals surface area contributed by atoms with Crippen LogP contribution in [0, 0.1) is 13.8 Å². The summed E-state index contributed by atoms with van der Waals surface area (Å²) in [7, 11) is -3.77. The summed E-state index contributed by atoms with van der Waals surface area (Å²) in [5.41, 5.74) is 2.35. The lowest BCUT2D eigenvalue weighted by molar-refractivity contribution is -0.191. The normalized spacial score (nSPS) is 11.5. The van der Waals surface area contributed by atoms with E-state index in [1.165, 1.54) is 49.9 Å². The molecule has 0 heterocycles. The summed E-state index contributed by atoms with van der Waals surface area (Å²) in [6.45, 7) is 12.4. The van der Waals surface area contributed by atoms with Gasteiger partial charge < -0.3 is 8.37 Å². The highest BCUT2D eigenvalue weighted by molar-refractivity contribution is 7.94. The molecule has 8 heteroatoms. The molecule has 9 aromatic carbocycles. The summed E-state index contributed by atoms with van der Waals surface area (Å²) in [6, 6.07) is 29.7. The fourth-order valence-corrected chi connectivity index (χ4v) is 8.68. The van der Waals surface area contributed by atoms with Crippen LogP contribution in [0.2, 0.25) is 0 Å². The van der Waals surface area contributed by atoms with Gasteiger partial charge in [0.25, 0.3) is 0 Å². The van der Waals surface area contributed by atoms with Crippen LogP contribution in [0.1, 0.15) is 38.8 Å². The number of benzene rings is 9.